The van der Waals surface area contributed by atoms with Gasteiger partial charge < -0.3 is 0 Å². The van der Waals surface area contributed by atoms with Crippen LogP contribution in [0.2, 0.25) is 4.47 Å². The van der Waals surface area contributed by atoms with Crippen LogP contribution in [0.25, 0.3) is 0 Å². The molecule has 82 valence electrons. The van der Waals surface area contributed by atoms with Gasteiger partial charge >= 0.3 is 0 Å². The van der Waals surface area contributed by atoms with Crippen LogP contribution in [-0.4, -0.2) is 9.36 Å². The van der Waals surface area contributed by atoms with Crippen LogP contribution >= 0.6 is 23.1 Å². The molecule has 0 N–H and O–H groups in total. The summed E-state index contributed by atoms with van der Waals surface area (Å²) in [5.41, 5.74) is 0. The van der Waals surface area contributed by atoms with Crippen LogP contribution in [0.15, 0.2) is 0 Å². The summed E-state index contributed by atoms with van der Waals surface area (Å²) in [4.78, 5) is 4.39. The van der Waals surface area contributed by atoms with Crippen molar-refractivity contribution in [1.29, 1.82) is 0 Å². The maximum absolute atomic E-state index is 5.88. The molecule has 0 spiro atoms. The maximum atomic E-state index is 5.88. The SMILES string of the molecule is Clc1nc(C(C2CCC2)C2CCC2)ns1. The molecule has 0 unspecified atom stereocenters. The van der Waals surface area contributed by atoms with Crippen molar-refractivity contribution in [3.63, 3.8) is 0 Å². The van der Waals surface area contributed by atoms with Crippen molar-refractivity contribution in [1.82, 2.24) is 9.36 Å². The van der Waals surface area contributed by atoms with Crippen LogP contribution in [0.5, 0.6) is 0 Å². The fraction of sp³-hybridized carbons (Fsp3) is 0.818. The second-order valence-corrected chi connectivity index (χ2v) is 6.15. The quantitative estimate of drug-likeness (QED) is 0.804. The Kier molecular flexibility index (Phi) is 2.69. The predicted molar refractivity (Wildman–Crippen MR) is 62.3 cm³/mol. The fourth-order valence-corrected chi connectivity index (χ4v) is 3.41. The fourth-order valence-electron chi connectivity index (χ4n) is 2.76. The Morgan fingerprint density at radius 1 is 1.13 bits per heavy atom. The molecule has 0 amide bonds. The highest BCUT2D eigenvalue weighted by atomic mass is 35.5. The van der Waals surface area contributed by atoms with E-state index in [-0.39, 0.29) is 0 Å². The van der Waals surface area contributed by atoms with Crippen molar-refractivity contribution in [3.8, 4) is 0 Å². The first-order valence-corrected chi connectivity index (χ1v) is 6.99. The molecule has 0 radical (unpaired) electrons. The number of rotatable bonds is 3. The monoisotopic (exact) mass is 242 g/mol. The van der Waals surface area contributed by atoms with Crippen molar-refractivity contribution in [2.45, 2.75) is 44.4 Å². The van der Waals surface area contributed by atoms with Crippen LogP contribution in [0.3, 0.4) is 0 Å². The topological polar surface area (TPSA) is 25.8 Å². The van der Waals surface area contributed by atoms with Crippen LogP contribution in [0.4, 0.5) is 0 Å². The van der Waals surface area contributed by atoms with Gasteiger partial charge in [0, 0.05) is 5.92 Å². The lowest BCUT2D eigenvalue weighted by molar-refractivity contribution is 0.144. The Balaban J connectivity index is 1.81. The van der Waals surface area contributed by atoms with Crippen molar-refractivity contribution in [3.05, 3.63) is 10.3 Å². The molecule has 2 saturated carbocycles. The summed E-state index contributed by atoms with van der Waals surface area (Å²) in [5, 5.41) is 0. The first-order valence-electron chi connectivity index (χ1n) is 5.83. The van der Waals surface area contributed by atoms with E-state index < -0.39 is 0 Å². The molecular formula is C11H15ClN2S. The van der Waals surface area contributed by atoms with Gasteiger partial charge in [0.25, 0.3) is 0 Å². The highest BCUT2D eigenvalue weighted by molar-refractivity contribution is 7.10. The number of aromatic nitrogens is 2. The molecule has 1 aromatic heterocycles. The summed E-state index contributed by atoms with van der Waals surface area (Å²) in [6.07, 6.45) is 8.28. The zero-order chi connectivity index (χ0) is 10.3. The first kappa shape index (κ1) is 10.0. The van der Waals surface area contributed by atoms with Gasteiger partial charge in [0.2, 0.25) is 4.47 Å². The standard InChI is InChI=1S/C11H15ClN2S/c12-11-13-10(14-15-11)9(7-3-1-4-7)8-5-2-6-8/h7-9H,1-6H2. The average Bonchev–Trinajstić information content (AvgIpc) is 2.44. The molecule has 0 aromatic carbocycles. The van der Waals surface area contributed by atoms with Crippen molar-refractivity contribution in [2.75, 3.05) is 0 Å². The van der Waals surface area contributed by atoms with Crippen molar-refractivity contribution in [2.24, 2.45) is 11.8 Å². The van der Waals surface area contributed by atoms with Gasteiger partial charge in [0.15, 0.2) is 0 Å². The van der Waals surface area contributed by atoms with Crippen molar-refractivity contribution >= 4 is 23.1 Å². The summed E-state index contributed by atoms with van der Waals surface area (Å²) in [6.45, 7) is 0. The van der Waals surface area contributed by atoms with Crippen LogP contribution in [0, 0.1) is 11.8 Å². The van der Waals surface area contributed by atoms with Crippen LogP contribution in [0.1, 0.15) is 50.3 Å². The highest BCUT2D eigenvalue weighted by Gasteiger charge is 2.39. The smallest absolute Gasteiger partial charge is 0.203 e. The summed E-state index contributed by atoms with van der Waals surface area (Å²) < 4.78 is 5.03. The van der Waals surface area contributed by atoms with E-state index in [9.17, 15) is 0 Å². The Morgan fingerprint density at radius 3 is 2.07 bits per heavy atom. The third kappa shape index (κ3) is 1.80. The minimum atomic E-state index is 0.605. The van der Waals surface area contributed by atoms with E-state index in [2.05, 4.69) is 9.36 Å². The third-order valence-electron chi connectivity index (χ3n) is 4.03. The molecule has 2 fully saturated rings. The number of hydrogen-bond donors (Lipinski definition) is 0. The van der Waals surface area contributed by atoms with E-state index in [4.69, 9.17) is 11.6 Å². The molecule has 0 aliphatic heterocycles. The minimum absolute atomic E-state index is 0.605. The molecule has 3 rings (SSSR count). The molecule has 0 bridgehead atoms. The van der Waals surface area contributed by atoms with Gasteiger partial charge in [-0.25, -0.2) is 4.98 Å². The second kappa shape index (κ2) is 4.02. The number of halogens is 1. The molecule has 15 heavy (non-hydrogen) atoms. The molecule has 2 aliphatic rings. The lowest BCUT2D eigenvalue weighted by Crippen LogP contribution is -2.31. The minimum Gasteiger partial charge on any atom is -0.208 e. The van der Waals surface area contributed by atoms with E-state index in [1.807, 2.05) is 0 Å². The highest BCUT2D eigenvalue weighted by Crippen LogP contribution is 2.49. The van der Waals surface area contributed by atoms with Crippen LogP contribution < -0.4 is 0 Å². The summed E-state index contributed by atoms with van der Waals surface area (Å²) >= 11 is 7.22. The van der Waals surface area contributed by atoms with Gasteiger partial charge in [-0.05, 0) is 60.7 Å². The maximum Gasteiger partial charge on any atom is 0.203 e. The Bertz CT molecular complexity index is 330. The zero-order valence-electron chi connectivity index (χ0n) is 8.66. The molecule has 2 nitrogen and oxygen atoms in total. The van der Waals surface area contributed by atoms with E-state index in [0.29, 0.717) is 10.4 Å². The largest absolute Gasteiger partial charge is 0.208 e. The van der Waals surface area contributed by atoms with Gasteiger partial charge in [-0.15, -0.1) is 0 Å². The Morgan fingerprint density at radius 2 is 1.73 bits per heavy atom. The molecule has 4 heteroatoms. The Labute approximate surface area is 99.2 Å². The van der Waals surface area contributed by atoms with E-state index >= 15 is 0 Å². The normalized spacial score (nSPS) is 22.8. The molecule has 1 aromatic rings. The zero-order valence-corrected chi connectivity index (χ0v) is 10.2. The van der Waals surface area contributed by atoms with Crippen LogP contribution in [-0.2, 0) is 0 Å². The Hall–Kier alpha value is -0.150. The average molecular weight is 243 g/mol. The summed E-state index contributed by atoms with van der Waals surface area (Å²) in [5.74, 6) is 3.36. The first-order chi connectivity index (χ1) is 7.34. The summed E-state index contributed by atoms with van der Waals surface area (Å²) in [6, 6.07) is 0. The molecular weight excluding hydrogens is 228 g/mol. The van der Waals surface area contributed by atoms with E-state index in [1.54, 1.807) is 0 Å². The second-order valence-electron chi connectivity index (χ2n) is 4.81. The lowest BCUT2D eigenvalue weighted by Gasteiger charge is -2.41. The number of nitrogens with zero attached hydrogens (tertiary/aromatic N) is 2. The van der Waals surface area contributed by atoms with Crippen molar-refractivity contribution < 1.29 is 0 Å². The summed E-state index contributed by atoms with van der Waals surface area (Å²) in [7, 11) is 0. The molecule has 2 aliphatic carbocycles. The van der Waals surface area contributed by atoms with E-state index in [1.165, 1.54) is 50.1 Å². The lowest BCUT2D eigenvalue weighted by atomic mass is 9.64. The molecule has 0 atom stereocenters. The van der Waals surface area contributed by atoms with Gasteiger partial charge in [0.1, 0.15) is 5.82 Å². The molecule has 0 saturated heterocycles. The van der Waals surface area contributed by atoms with Gasteiger partial charge in [0.05, 0.1) is 0 Å². The third-order valence-corrected chi connectivity index (χ3v) is 4.84. The van der Waals surface area contributed by atoms with E-state index in [0.717, 1.165) is 17.7 Å². The predicted octanol–water partition coefficient (Wildman–Crippen LogP) is 3.88. The van der Waals surface area contributed by atoms with Gasteiger partial charge in [-0.3, -0.25) is 0 Å². The molecule has 1 heterocycles. The number of hydrogen-bond acceptors (Lipinski definition) is 3. The van der Waals surface area contributed by atoms with Gasteiger partial charge in [-0.1, -0.05) is 12.8 Å². The van der Waals surface area contributed by atoms with Gasteiger partial charge in [-0.2, -0.15) is 4.37 Å².